The average Bonchev–Trinajstić information content (AvgIpc) is 2.58. The van der Waals surface area contributed by atoms with E-state index in [0.717, 1.165) is 17.9 Å². The number of rotatable bonds is 1. The van der Waals surface area contributed by atoms with Crippen molar-refractivity contribution >= 4 is 18.5 Å². The lowest BCUT2D eigenvalue weighted by molar-refractivity contribution is 0.0740. The molecule has 3 heteroatoms. The molecule has 2 nitrogen and oxygen atoms in total. The summed E-state index contributed by atoms with van der Waals surface area (Å²) in [4.78, 5) is 15.0. The molecule has 1 amide bonds. The first-order valence-electron chi connectivity index (χ1n) is 5.68. The first-order valence-corrected chi connectivity index (χ1v) is 6.13. The Hall–Kier alpha value is -0.960. The van der Waals surface area contributed by atoms with Gasteiger partial charge < -0.3 is 4.90 Å². The second kappa shape index (κ2) is 4.50. The highest BCUT2D eigenvalue weighted by molar-refractivity contribution is 7.80. The molecule has 1 heterocycles. The first-order chi connectivity index (χ1) is 7.59. The van der Waals surface area contributed by atoms with E-state index in [9.17, 15) is 4.79 Å². The fourth-order valence-electron chi connectivity index (χ4n) is 2.39. The minimum absolute atomic E-state index is 0.113. The van der Waals surface area contributed by atoms with Crippen LogP contribution < -0.4 is 0 Å². The molecular weight excluding hydrogens is 218 g/mol. The number of nitrogens with zero attached hydrogens (tertiary/aromatic N) is 1. The molecule has 0 radical (unpaired) electrons. The van der Waals surface area contributed by atoms with Crippen molar-refractivity contribution in [1.29, 1.82) is 0 Å². The molecule has 16 heavy (non-hydrogen) atoms. The molecule has 1 aromatic rings. The molecule has 1 fully saturated rings. The van der Waals surface area contributed by atoms with Crippen LogP contribution in [0.1, 0.15) is 30.6 Å². The molecule has 2 atom stereocenters. The van der Waals surface area contributed by atoms with Crippen molar-refractivity contribution in [3.8, 4) is 0 Å². The van der Waals surface area contributed by atoms with E-state index in [2.05, 4.69) is 26.5 Å². The summed E-state index contributed by atoms with van der Waals surface area (Å²) in [6.45, 7) is 5.17. The van der Waals surface area contributed by atoms with Crippen LogP contribution >= 0.6 is 12.6 Å². The van der Waals surface area contributed by atoms with E-state index in [1.165, 1.54) is 0 Å². The summed E-state index contributed by atoms with van der Waals surface area (Å²) in [6, 6.07) is 7.84. The van der Waals surface area contributed by atoms with E-state index in [-0.39, 0.29) is 5.91 Å². The zero-order valence-electron chi connectivity index (χ0n) is 9.68. The van der Waals surface area contributed by atoms with Gasteiger partial charge >= 0.3 is 0 Å². The number of likely N-dealkylation sites (tertiary alicyclic amines) is 1. The number of carbonyl (C=O) groups is 1. The van der Waals surface area contributed by atoms with Crippen molar-refractivity contribution in [2.45, 2.75) is 31.2 Å². The summed E-state index contributed by atoms with van der Waals surface area (Å²) in [5, 5.41) is 0. The van der Waals surface area contributed by atoms with Gasteiger partial charge in [0.05, 0.1) is 5.56 Å². The fourth-order valence-corrected chi connectivity index (χ4v) is 2.65. The number of thiol groups is 1. The Balaban J connectivity index is 2.23. The Labute approximate surface area is 102 Å². The van der Waals surface area contributed by atoms with Gasteiger partial charge in [-0.3, -0.25) is 4.79 Å². The van der Waals surface area contributed by atoms with Gasteiger partial charge in [-0.25, -0.2) is 0 Å². The SMILES string of the molecule is CC1CC(C)N(C(=O)c2ccccc2S)C1. The maximum Gasteiger partial charge on any atom is 0.255 e. The number of benzene rings is 1. The number of amides is 1. The van der Waals surface area contributed by atoms with Gasteiger partial charge in [0, 0.05) is 17.5 Å². The monoisotopic (exact) mass is 235 g/mol. The predicted octanol–water partition coefficient (Wildman–Crippen LogP) is 2.85. The standard InChI is InChI=1S/C13H17NOS/c1-9-7-10(2)14(8-9)13(15)11-5-3-4-6-12(11)16/h3-6,9-10,16H,7-8H2,1-2H3. The Kier molecular flexibility index (Phi) is 3.24. The molecule has 1 aromatic carbocycles. The number of carbonyl (C=O) groups excluding carboxylic acids is 1. The van der Waals surface area contributed by atoms with E-state index >= 15 is 0 Å². The van der Waals surface area contributed by atoms with Gasteiger partial charge in [-0.1, -0.05) is 19.1 Å². The minimum atomic E-state index is 0.113. The Morgan fingerprint density at radius 1 is 1.38 bits per heavy atom. The van der Waals surface area contributed by atoms with Crippen molar-refractivity contribution in [3.05, 3.63) is 29.8 Å². The molecule has 2 unspecified atom stereocenters. The molecule has 86 valence electrons. The van der Waals surface area contributed by atoms with Crippen LogP contribution in [-0.2, 0) is 0 Å². The second-order valence-electron chi connectivity index (χ2n) is 4.66. The van der Waals surface area contributed by atoms with Gasteiger partial charge in [0.25, 0.3) is 5.91 Å². The molecule has 0 spiro atoms. The molecule has 0 bridgehead atoms. The zero-order chi connectivity index (χ0) is 11.7. The van der Waals surface area contributed by atoms with E-state index in [1.54, 1.807) is 0 Å². The number of hydrogen-bond donors (Lipinski definition) is 1. The lowest BCUT2D eigenvalue weighted by Crippen LogP contribution is -2.34. The van der Waals surface area contributed by atoms with Crippen LogP contribution in [0.3, 0.4) is 0 Å². The van der Waals surface area contributed by atoms with E-state index in [1.807, 2.05) is 29.2 Å². The molecule has 1 aliphatic rings. The maximum absolute atomic E-state index is 12.3. The molecule has 0 saturated carbocycles. The summed E-state index contributed by atoms with van der Waals surface area (Å²) in [5.74, 6) is 0.716. The highest BCUT2D eigenvalue weighted by atomic mass is 32.1. The third-order valence-corrected chi connectivity index (χ3v) is 3.57. The summed E-state index contributed by atoms with van der Waals surface area (Å²) in [5.41, 5.74) is 0.715. The molecular formula is C13H17NOS. The molecule has 2 rings (SSSR count). The summed E-state index contributed by atoms with van der Waals surface area (Å²) in [6.07, 6.45) is 1.10. The van der Waals surface area contributed by atoms with Crippen LogP contribution in [0.15, 0.2) is 29.2 Å². The van der Waals surface area contributed by atoms with E-state index in [4.69, 9.17) is 0 Å². The van der Waals surface area contributed by atoms with Gasteiger partial charge in [0.15, 0.2) is 0 Å². The number of hydrogen-bond acceptors (Lipinski definition) is 2. The normalized spacial score (nSPS) is 24.8. The topological polar surface area (TPSA) is 20.3 Å². The summed E-state index contributed by atoms with van der Waals surface area (Å²) < 4.78 is 0. The van der Waals surface area contributed by atoms with Crippen LogP contribution in [0.4, 0.5) is 0 Å². The van der Waals surface area contributed by atoms with Crippen LogP contribution in [0, 0.1) is 5.92 Å². The Morgan fingerprint density at radius 2 is 2.06 bits per heavy atom. The molecule has 0 aromatic heterocycles. The average molecular weight is 235 g/mol. The smallest absolute Gasteiger partial charge is 0.255 e. The largest absolute Gasteiger partial charge is 0.336 e. The molecule has 0 aliphatic carbocycles. The lowest BCUT2D eigenvalue weighted by Gasteiger charge is -2.22. The molecule has 1 aliphatic heterocycles. The first kappa shape index (κ1) is 11.5. The van der Waals surface area contributed by atoms with Crippen LogP contribution in [-0.4, -0.2) is 23.4 Å². The van der Waals surface area contributed by atoms with Crippen LogP contribution in [0.25, 0.3) is 0 Å². The third-order valence-electron chi connectivity index (χ3n) is 3.18. The lowest BCUT2D eigenvalue weighted by atomic mass is 10.1. The van der Waals surface area contributed by atoms with Crippen molar-refractivity contribution in [3.63, 3.8) is 0 Å². The second-order valence-corrected chi connectivity index (χ2v) is 5.15. The van der Waals surface area contributed by atoms with Crippen LogP contribution in [0.2, 0.25) is 0 Å². The molecule has 0 N–H and O–H groups in total. The van der Waals surface area contributed by atoms with Crippen molar-refractivity contribution in [1.82, 2.24) is 4.90 Å². The Bertz CT molecular complexity index is 405. The quantitative estimate of drug-likeness (QED) is 0.742. The highest BCUT2D eigenvalue weighted by Gasteiger charge is 2.30. The fraction of sp³-hybridized carbons (Fsp3) is 0.462. The summed E-state index contributed by atoms with van der Waals surface area (Å²) in [7, 11) is 0. The van der Waals surface area contributed by atoms with E-state index < -0.39 is 0 Å². The Morgan fingerprint density at radius 3 is 2.62 bits per heavy atom. The highest BCUT2D eigenvalue weighted by Crippen LogP contribution is 2.25. The van der Waals surface area contributed by atoms with Gasteiger partial charge in [0.2, 0.25) is 0 Å². The maximum atomic E-state index is 12.3. The van der Waals surface area contributed by atoms with Gasteiger partial charge in [-0.05, 0) is 31.4 Å². The summed E-state index contributed by atoms with van der Waals surface area (Å²) >= 11 is 4.33. The predicted molar refractivity (Wildman–Crippen MR) is 68.0 cm³/mol. The molecule has 1 saturated heterocycles. The third kappa shape index (κ3) is 2.09. The van der Waals surface area contributed by atoms with E-state index in [0.29, 0.717) is 17.5 Å². The van der Waals surface area contributed by atoms with Gasteiger partial charge in [-0.15, -0.1) is 12.6 Å². The van der Waals surface area contributed by atoms with Crippen molar-refractivity contribution in [2.75, 3.05) is 6.54 Å². The van der Waals surface area contributed by atoms with Crippen LogP contribution in [0.5, 0.6) is 0 Å². The zero-order valence-corrected chi connectivity index (χ0v) is 10.6. The van der Waals surface area contributed by atoms with Crippen molar-refractivity contribution < 1.29 is 4.79 Å². The minimum Gasteiger partial charge on any atom is -0.336 e. The van der Waals surface area contributed by atoms with Gasteiger partial charge in [-0.2, -0.15) is 0 Å². The van der Waals surface area contributed by atoms with Crippen molar-refractivity contribution in [2.24, 2.45) is 5.92 Å². The van der Waals surface area contributed by atoms with Gasteiger partial charge in [0.1, 0.15) is 0 Å².